The molecule has 8 nitrogen and oxygen atoms in total. The standard InChI is InChI=1S/C31H37F3N4O4S/c1-41-30-20-25(43(2,39)40)8-9-28(30)35-14-4-5-24-19-26-27(6-3-7-29(26)38(24)21-31(32,33)34)36-22-10-15-37(16-11-22)23-12-17-42-18-13-23/h3,6-9,19-20,22-23,35-36H,10-18,21H2,1-2H3. The van der Waals surface area contributed by atoms with Crippen LogP contribution in [0, 0.1) is 11.8 Å². The van der Waals surface area contributed by atoms with Crippen LogP contribution in [0.1, 0.15) is 31.4 Å². The Balaban J connectivity index is 1.33. The molecular weight excluding hydrogens is 581 g/mol. The number of nitrogens with one attached hydrogen (secondary N) is 2. The Morgan fingerprint density at radius 2 is 1.79 bits per heavy atom. The number of methoxy groups -OCH3 is 1. The Kier molecular flexibility index (Phi) is 9.44. The Labute approximate surface area is 250 Å². The van der Waals surface area contributed by atoms with E-state index in [-0.39, 0.29) is 23.2 Å². The molecule has 0 amide bonds. The number of likely N-dealkylation sites (tertiary alicyclic amines) is 1. The molecule has 5 rings (SSSR count). The number of alkyl halides is 3. The van der Waals surface area contributed by atoms with Crippen LogP contribution in [0.5, 0.6) is 5.75 Å². The molecule has 0 radical (unpaired) electrons. The maximum absolute atomic E-state index is 13.6. The lowest BCUT2D eigenvalue weighted by Gasteiger charge is -2.39. The van der Waals surface area contributed by atoms with Crippen LogP contribution in [0.15, 0.2) is 47.4 Å². The molecule has 2 aromatic carbocycles. The van der Waals surface area contributed by atoms with Crippen molar-refractivity contribution in [1.29, 1.82) is 0 Å². The lowest BCUT2D eigenvalue weighted by molar-refractivity contribution is -0.140. The summed E-state index contributed by atoms with van der Waals surface area (Å²) in [7, 11) is -1.98. The lowest BCUT2D eigenvalue weighted by Crippen LogP contribution is -2.46. The molecule has 0 spiro atoms. The van der Waals surface area contributed by atoms with E-state index in [4.69, 9.17) is 9.47 Å². The summed E-state index contributed by atoms with van der Waals surface area (Å²) in [5, 5.41) is 7.37. The summed E-state index contributed by atoms with van der Waals surface area (Å²) in [5.74, 6) is 6.15. The third-order valence-corrected chi connectivity index (χ3v) is 9.17. The summed E-state index contributed by atoms with van der Waals surface area (Å²) in [6.45, 7) is 2.56. The van der Waals surface area contributed by atoms with Gasteiger partial charge in [0.15, 0.2) is 9.84 Å². The minimum atomic E-state index is -4.42. The molecule has 0 saturated carbocycles. The summed E-state index contributed by atoms with van der Waals surface area (Å²) in [5.41, 5.74) is 2.06. The molecule has 2 fully saturated rings. The van der Waals surface area contributed by atoms with E-state index < -0.39 is 22.6 Å². The molecular formula is C31H37F3N4O4S. The number of halogens is 3. The van der Waals surface area contributed by atoms with Gasteiger partial charge in [-0.1, -0.05) is 12.0 Å². The van der Waals surface area contributed by atoms with Crippen molar-refractivity contribution in [1.82, 2.24) is 9.47 Å². The second kappa shape index (κ2) is 13.1. The monoisotopic (exact) mass is 618 g/mol. The molecule has 0 atom stereocenters. The highest BCUT2D eigenvalue weighted by molar-refractivity contribution is 7.90. The van der Waals surface area contributed by atoms with E-state index in [1.165, 1.54) is 23.8 Å². The zero-order valence-electron chi connectivity index (χ0n) is 24.3. The van der Waals surface area contributed by atoms with E-state index in [9.17, 15) is 21.6 Å². The summed E-state index contributed by atoms with van der Waals surface area (Å²) in [6.07, 6.45) is 0.737. The number of ether oxygens (including phenoxy) is 2. The highest BCUT2D eigenvalue weighted by Crippen LogP contribution is 2.32. The van der Waals surface area contributed by atoms with Gasteiger partial charge in [0.1, 0.15) is 12.3 Å². The van der Waals surface area contributed by atoms with Crippen molar-refractivity contribution in [3.05, 3.63) is 48.2 Å². The minimum absolute atomic E-state index is 0.110. The van der Waals surface area contributed by atoms with Crippen LogP contribution in [0.2, 0.25) is 0 Å². The maximum atomic E-state index is 13.6. The number of nitrogens with zero attached hydrogens (tertiary/aromatic N) is 2. The van der Waals surface area contributed by atoms with Crippen molar-refractivity contribution in [2.24, 2.45) is 0 Å². The van der Waals surface area contributed by atoms with Gasteiger partial charge < -0.3 is 29.6 Å². The number of rotatable bonds is 8. The highest BCUT2D eigenvalue weighted by atomic mass is 32.2. The van der Waals surface area contributed by atoms with Crippen molar-refractivity contribution in [3.8, 4) is 17.6 Å². The van der Waals surface area contributed by atoms with Crippen LogP contribution in [0.4, 0.5) is 24.5 Å². The van der Waals surface area contributed by atoms with E-state index in [1.54, 1.807) is 24.3 Å². The fourth-order valence-corrected chi connectivity index (χ4v) is 6.50. The molecule has 12 heteroatoms. The minimum Gasteiger partial charge on any atom is -0.495 e. The zero-order chi connectivity index (χ0) is 30.6. The smallest absolute Gasteiger partial charge is 0.406 e. The Bertz CT molecular complexity index is 1600. The van der Waals surface area contributed by atoms with Gasteiger partial charge in [0, 0.05) is 61.8 Å². The van der Waals surface area contributed by atoms with Crippen molar-refractivity contribution in [2.45, 2.75) is 55.4 Å². The summed E-state index contributed by atoms with van der Waals surface area (Å²) in [6, 6.07) is 12.3. The van der Waals surface area contributed by atoms with Gasteiger partial charge in [0.2, 0.25) is 0 Å². The van der Waals surface area contributed by atoms with Crippen LogP contribution in [-0.2, 0) is 21.1 Å². The van der Waals surface area contributed by atoms with Gasteiger partial charge in [-0.05, 0) is 61.9 Å². The molecule has 0 aliphatic carbocycles. The third-order valence-electron chi connectivity index (χ3n) is 8.06. The number of hydrogen-bond donors (Lipinski definition) is 2. The predicted octanol–water partition coefficient (Wildman–Crippen LogP) is 5.13. The number of aromatic nitrogens is 1. The van der Waals surface area contributed by atoms with Crippen LogP contribution in [-0.4, -0.2) is 82.4 Å². The molecule has 2 saturated heterocycles. The van der Waals surface area contributed by atoms with Crippen molar-refractivity contribution in [3.63, 3.8) is 0 Å². The molecule has 3 aromatic rings. The van der Waals surface area contributed by atoms with E-state index in [0.29, 0.717) is 28.4 Å². The second-order valence-corrected chi connectivity index (χ2v) is 13.1. The van der Waals surface area contributed by atoms with Gasteiger partial charge in [-0.3, -0.25) is 0 Å². The molecule has 2 N–H and O–H groups in total. The number of anilines is 2. The van der Waals surface area contributed by atoms with E-state index >= 15 is 0 Å². The quantitative estimate of drug-likeness (QED) is 0.339. The second-order valence-electron chi connectivity index (χ2n) is 11.1. The average Bonchev–Trinajstić information content (AvgIpc) is 3.32. The first-order chi connectivity index (χ1) is 20.5. The summed E-state index contributed by atoms with van der Waals surface area (Å²) < 4.78 is 76.6. The first kappa shape index (κ1) is 31.0. The fraction of sp³-hybridized carbons (Fsp3) is 0.484. The first-order valence-electron chi connectivity index (χ1n) is 14.4. The van der Waals surface area contributed by atoms with Crippen molar-refractivity contribution < 1.29 is 31.1 Å². The van der Waals surface area contributed by atoms with Crippen molar-refractivity contribution >= 4 is 32.1 Å². The highest BCUT2D eigenvalue weighted by Gasteiger charge is 2.30. The lowest BCUT2D eigenvalue weighted by atomic mass is 9.99. The van der Waals surface area contributed by atoms with Gasteiger partial charge in [0.25, 0.3) is 0 Å². The van der Waals surface area contributed by atoms with Gasteiger partial charge >= 0.3 is 6.18 Å². The number of benzene rings is 2. The van der Waals surface area contributed by atoms with Gasteiger partial charge in [-0.2, -0.15) is 13.2 Å². The Hall–Kier alpha value is -3.40. The Morgan fingerprint density at radius 1 is 1.05 bits per heavy atom. The number of piperidine rings is 1. The average molecular weight is 619 g/mol. The molecule has 2 aliphatic heterocycles. The maximum Gasteiger partial charge on any atom is 0.406 e. The van der Waals surface area contributed by atoms with E-state index in [2.05, 4.69) is 27.4 Å². The van der Waals surface area contributed by atoms with Crippen LogP contribution in [0.25, 0.3) is 10.9 Å². The van der Waals surface area contributed by atoms with E-state index in [0.717, 1.165) is 63.9 Å². The zero-order valence-corrected chi connectivity index (χ0v) is 25.2. The largest absolute Gasteiger partial charge is 0.495 e. The molecule has 43 heavy (non-hydrogen) atoms. The van der Waals surface area contributed by atoms with Gasteiger partial charge in [-0.25, -0.2) is 8.42 Å². The predicted molar refractivity (Wildman–Crippen MR) is 162 cm³/mol. The van der Waals surface area contributed by atoms with Crippen LogP contribution < -0.4 is 15.4 Å². The number of hydrogen-bond acceptors (Lipinski definition) is 7. The molecule has 0 unspecified atom stereocenters. The van der Waals surface area contributed by atoms with Crippen LogP contribution >= 0.6 is 0 Å². The fourth-order valence-electron chi connectivity index (χ4n) is 5.87. The van der Waals surface area contributed by atoms with E-state index in [1.807, 2.05) is 6.07 Å². The van der Waals surface area contributed by atoms with Gasteiger partial charge in [0.05, 0.1) is 35.4 Å². The summed E-state index contributed by atoms with van der Waals surface area (Å²) >= 11 is 0. The van der Waals surface area contributed by atoms with Crippen molar-refractivity contribution in [2.75, 3.05) is 56.8 Å². The number of fused-ring (bicyclic) bond motifs is 1. The molecule has 232 valence electrons. The molecule has 2 aliphatic rings. The molecule has 0 bridgehead atoms. The Morgan fingerprint density at radius 3 is 2.47 bits per heavy atom. The van der Waals surface area contributed by atoms with Gasteiger partial charge in [-0.15, -0.1) is 0 Å². The summed E-state index contributed by atoms with van der Waals surface area (Å²) in [4.78, 5) is 2.66. The normalized spacial score (nSPS) is 17.4. The first-order valence-corrected chi connectivity index (χ1v) is 16.3. The topological polar surface area (TPSA) is 84.8 Å². The molecule has 1 aromatic heterocycles. The molecule has 3 heterocycles. The third kappa shape index (κ3) is 7.77. The number of sulfone groups is 1. The van der Waals surface area contributed by atoms with Crippen LogP contribution in [0.3, 0.4) is 0 Å². The SMILES string of the molecule is COc1cc(S(C)(=O)=O)ccc1NCC#Cc1cc2c(NC3CCN(C4CCOCC4)CC3)cccc2n1CC(F)(F)F.